The molecule has 0 aromatic heterocycles. The van der Waals surface area contributed by atoms with E-state index in [0.717, 1.165) is 6.42 Å². The first-order chi connectivity index (χ1) is 3.30. The molecule has 0 aromatic rings. The predicted molar refractivity (Wildman–Crippen MR) is 24.5 cm³/mol. The van der Waals surface area contributed by atoms with Crippen LogP contribution in [0.5, 0.6) is 0 Å². The van der Waals surface area contributed by atoms with Crippen molar-refractivity contribution in [2.75, 3.05) is 0 Å². The lowest BCUT2D eigenvalue weighted by Crippen LogP contribution is -2.69. The minimum absolute atomic E-state index is 0.231. The van der Waals surface area contributed by atoms with Crippen molar-refractivity contribution < 1.29 is 4.39 Å². The van der Waals surface area contributed by atoms with E-state index >= 15 is 0 Å². The molecule has 3 aliphatic rings. The summed E-state index contributed by atoms with van der Waals surface area (Å²) in [6.45, 7) is 0. The number of hydrogen-bond donors (Lipinski definition) is 1. The first-order valence-electron chi connectivity index (χ1n) is 2.70. The lowest BCUT2D eigenvalue weighted by atomic mass is 9.51. The molecule has 3 saturated carbocycles. The van der Waals surface area contributed by atoms with Gasteiger partial charge in [-0.05, 0) is 6.42 Å². The van der Waals surface area contributed by atoms with Gasteiger partial charge in [0.1, 0.15) is 6.17 Å². The minimum Gasteiger partial charge on any atom is -0.327 e. The summed E-state index contributed by atoms with van der Waals surface area (Å²) in [4.78, 5) is 0. The Morgan fingerprint density at radius 2 is 2.00 bits per heavy atom. The van der Waals surface area contributed by atoms with Gasteiger partial charge in [0.2, 0.25) is 0 Å². The molecule has 0 heterocycles. The SMILES string of the molecule is NC1C2CC1C2F. The van der Waals surface area contributed by atoms with Gasteiger partial charge in [0.05, 0.1) is 0 Å². The standard InChI is InChI=1S/C5H8FN/c6-4-2-1-3(4)5(2)7/h2-5H,1,7H2. The first kappa shape index (κ1) is 3.84. The molecular formula is C5H8FN. The zero-order valence-electron chi connectivity index (χ0n) is 3.97. The Labute approximate surface area is 41.7 Å². The van der Waals surface area contributed by atoms with Crippen LogP contribution in [-0.2, 0) is 0 Å². The van der Waals surface area contributed by atoms with Gasteiger partial charge in [0, 0.05) is 17.9 Å². The van der Waals surface area contributed by atoms with E-state index in [-0.39, 0.29) is 17.9 Å². The molecule has 7 heavy (non-hydrogen) atoms. The zero-order chi connectivity index (χ0) is 5.02. The molecule has 0 spiro atoms. The lowest BCUT2D eigenvalue weighted by molar-refractivity contribution is -0.124. The Hall–Kier alpha value is -0.110. The number of nitrogens with two attached hydrogens (primary N) is 1. The van der Waals surface area contributed by atoms with Gasteiger partial charge in [-0.2, -0.15) is 0 Å². The van der Waals surface area contributed by atoms with Crippen molar-refractivity contribution in [2.45, 2.75) is 18.6 Å². The van der Waals surface area contributed by atoms with Gasteiger partial charge >= 0.3 is 0 Å². The maximum Gasteiger partial charge on any atom is 0.109 e. The van der Waals surface area contributed by atoms with E-state index in [4.69, 9.17) is 5.73 Å². The largest absolute Gasteiger partial charge is 0.327 e. The molecule has 3 rings (SSSR count). The summed E-state index contributed by atoms with van der Waals surface area (Å²) in [5.74, 6) is 0.509. The number of hydrogen-bond acceptors (Lipinski definition) is 1. The molecule has 2 heteroatoms. The average molecular weight is 101 g/mol. The summed E-state index contributed by atoms with van der Waals surface area (Å²) in [6.07, 6.45) is 0.539. The van der Waals surface area contributed by atoms with Crippen molar-refractivity contribution in [3.05, 3.63) is 0 Å². The van der Waals surface area contributed by atoms with Crippen molar-refractivity contribution >= 4 is 0 Å². The summed E-state index contributed by atoms with van der Waals surface area (Å²) < 4.78 is 12.1. The third-order valence-electron chi connectivity index (χ3n) is 2.35. The van der Waals surface area contributed by atoms with Crippen LogP contribution in [0.15, 0.2) is 0 Å². The van der Waals surface area contributed by atoms with E-state index in [9.17, 15) is 4.39 Å². The second-order valence-electron chi connectivity index (χ2n) is 2.59. The maximum atomic E-state index is 12.1. The van der Waals surface area contributed by atoms with Crippen molar-refractivity contribution in [1.29, 1.82) is 0 Å². The molecule has 0 aliphatic heterocycles. The smallest absolute Gasteiger partial charge is 0.109 e. The number of halogens is 1. The van der Waals surface area contributed by atoms with Crippen LogP contribution < -0.4 is 5.73 Å². The topological polar surface area (TPSA) is 26.0 Å². The second-order valence-corrected chi connectivity index (χ2v) is 2.59. The minimum atomic E-state index is -0.519. The fourth-order valence-electron chi connectivity index (χ4n) is 1.41. The molecule has 2 unspecified atom stereocenters. The van der Waals surface area contributed by atoms with Gasteiger partial charge in [-0.1, -0.05) is 0 Å². The number of alkyl halides is 1. The molecule has 3 fully saturated rings. The lowest BCUT2D eigenvalue weighted by Gasteiger charge is -2.59. The highest BCUT2D eigenvalue weighted by Gasteiger charge is 2.60. The second kappa shape index (κ2) is 0.848. The van der Waals surface area contributed by atoms with Crippen molar-refractivity contribution in [3.8, 4) is 0 Å². The molecule has 2 bridgehead atoms. The van der Waals surface area contributed by atoms with Gasteiger partial charge in [-0.25, -0.2) is 4.39 Å². The van der Waals surface area contributed by atoms with Crippen LogP contribution in [0.3, 0.4) is 0 Å². The van der Waals surface area contributed by atoms with Crippen LogP contribution in [-0.4, -0.2) is 12.2 Å². The Kier molecular flexibility index (Phi) is 0.465. The van der Waals surface area contributed by atoms with Crippen LogP contribution in [0.2, 0.25) is 0 Å². The average Bonchev–Trinajstić information content (AvgIpc) is 1.60. The van der Waals surface area contributed by atoms with E-state index in [2.05, 4.69) is 0 Å². The fourth-order valence-corrected chi connectivity index (χ4v) is 1.41. The number of rotatable bonds is 0. The van der Waals surface area contributed by atoms with Gasteiger partial charge in [-0.15, -0.1) is 0 Å². The molecule has 1 nitrogen and oxygen atoms in total. The van der Waals surface area contributed by atoms with E-state index < -0.39 is 6.17 Å². The molecule has 2 atom stereocenters. The van der Waals surface area contributed by atoms with Crippen LogP contribution in [0.4, 0.5) is 4.39 Å². The highest BCUT2D eigenvalue weighted by atomic mass is 19.1. The third-order valence-corrected chi connectivity index (χ3v) is 2.35. The summed E-state index contributed by atoms with van der Waals surface area (Å²) in [5.41, 5.74) is 5.42. The summed E-state index contributed by atoms with van der Waals surface area (Å²) in [6, 6.07) is 0.231. The van der Waals surface area contributed by atoms with Crippen LogP contribution in [0.25, 0.3) is 0 Å². The van der Waals surface area contributed by atoms with Crippen LogP contribution in [0.1, 0.15) is 6.42 Å². The molecule has 0 amide bonds. The highest BCUT2D eigenvalue weighted by Crippen LogP contribution is 2.54. The van der Waals surface area contributed by atoms with E-state index in [1.54, 1.807) is 0 Å². The summed E-state index contributed by atoms with van der Waals surface area (Å²) >= 11 is 0. The van der Waals surface area contributed by atoms with Gasteiger partial charge < -0.3 is 5.73 Å². The first-order valence-corrected chi connectivity index (χ1v) is 2.70. The molecule has 0 saturated heterocycles. The van der Waals surface area contributed by atoms with E-state index in [1.165, 1.54) is 0 Å². The van der Waals surface area contributed by atoms with Gasteiger partial charge in [-0.3, -0.25) is 0 Å². The molecule has 0 aromatic carbocycles. The Morgan fingerprint density at radius 3 is 2.00 bits per heavy atom. The third kappa shape index (κ3) is 0.225. The van der Waals surface area contributed by atoms with Gasteiger partial charge in [0.15, 0.2) is 0 Å². The van der Waals surface area contributed by atoms with E-state index in [1.807, 2.05) is 0 Å². The molecule has 0 radical (unpaired) electrons. The van der Waals surface area contributed by atoms with Crippen LogP contribution in [0, 0.1) is 11.8 Å². The highest BCUT2D eigenvalue weighted by molar-refractivity contribution is 5.12. The van der Waals surface area contributed by atoms with E-state index in [0.29, 0.717) is 0 Å². The quantitative estimate of drug-likeness (QED) is 0.466. The van der Waals surface area contributed by atoms with Crippen molar-refractivity contribution in [2.24, 2.45) is 17.6 Å². The Morgan fingerprint density at radius 1 is 1.43 bits per heavy atom. The molecular weight excluding hydrogens is 93.1 g/mol. The monoisotopic (exact) mass is 101 g/mol. The normalized spacial score (nSPS) is 66.0. The van der Waals surface area contributed by atoms with Crippen molar-refractivity contribution in [1.82, 2.24) is 0 Å². The fraction of sp³-hybridized carbons (Fsp3) is 1.00. The van der Waals surface area contributed by atoms with Crippen LogP contribution >= 0.6 is 0 Å². The Bertz CT molecular complexity index is 84.3. The molecule has 3 aliphatic carbocycles. The van der Waals surface area contributed by atoms with Gasteiger partial charge in [0.25, 0.3) is 0 Å². The zero-order valence-corrected chi connectivity index (χ0v) is 3.97. The van der Waals surface area contributed by atoms with Crippen molar-refractivity contribution in [3.63, 3.8) is 0 Å². The summed E-state index contributed by atoms with van der Waals surface area (Å²) in [5, 5.41) is 0. The molecule has 40 valence electrons. The Balaban J connectivity index is 2.07. The molecule has 2 N–H and O–H groups in total. The maximum absolute atomic E-state index is 12.1. The summed E-state index contributed by atoms with van der Waals surface area (Å²) in [7, 11) is 0. The predicted octanol–water partition coefficient (Wildman–Crippen LogP) is 0.301.